The Labute approximate surface area is 125 Å². The number of hydrogen-bond donors (Lipinski definition) is 2. The molecule has 3 rings (SSSR count). The van der Waals surface area contributed by atoms with Crippen molar-refractivity contribution >= 4 is 27.4 Å². The first-order valence-electron chi connectivity index (χ1n) is 6.28. The van der Waals surface area contributed by atoms with Crippen LogP contribution in [0.25, 0.3) is 5.65 Å². The number of hydrogen-bond acceptors (Lipinski definition) is 4. The van der Waals surface area contributed by atoms with Gasteiger partial charge in [-0.1, -0.05) is 28.1 Å². The van der Waals surface area contributed by atoms with Crippen molar-refractivity contribution in [2.45, 2.75) is 13.1 Å². The van der Waals surface area contributed by atoms with E-state index in [-0.39, 0.29) is 0 Å². The number of imidazole rings is 1. The van der Waals surface area contributed by atoms with Crippen molar-refractivity contribution in [2.24, 2.45) is 5.73 Å². The third kappa shape index (κ3) is 2.81. The molecule has 0 aliphatic carbocycles. The summed E-state index contributed by atoms with van der Waals surface area (Å²) >= 11 is 3.42. The number of anilines is 1. The molecule has 0 bridgehead atoms. The van der Waals surface area contributed by atoms with Gasteiger partial charge in [-0.2, -0.15) is 0 Å². The molecule has 3 aromatic rings. The SMILES string of the molecule is NCc1cn2nc(NCc3ccc(Br)cc3)ccc2n1. The van der Waals surface area contributed by atoms with Gasteiger partial charge in [0.05, 0.1) is 11.9 Å². The van der Waals surface area contributed by atoms with E-state index in [0.717, 1.165) is 28.2 Å². The highest BCUT2D eigenvalue weighted by Crippen LogP contribution is 2.12. The second kappa shape index (κ2) is 5.60. The largest absolute Gasteiger partial charge is 0.365 e. The smallest absolute Gasteiger partial charge is 0.153 e. The van der Waals surface area contributed by atoms with Crippen LogP contribution in [0.1, 0.15) is 11.3 Å². The number of aromatic nitrogens is 3. The fourth-order valence-corrected chi connectivity index (χ4v) is 2.18. The van der Waals surface area contributed by atoms with Crippen LogP contribution in [-0.2, 0) is 13.1 Å². The lowest BCUT2D eigenvalue weighted by Gasteiger charge is -2.06. The summed E-state index contributed by atoms with van der Waals surface area (Å²) in [4.78, 5) is 4.34. The zero-order valence-electron chi connectivity index (χ0n) is 10.8. The van der Waals surface area contributed by atoms with Crippen LogP contribution >= 0.6 is 15.9 Å². The van der Waals surface area contributed by atoms with E-state index in [1.807, 2.05) is 30.5 Å². The highest BCUT2D eigenvalue weighted by molar-refractivity contribution is 9.10. The lowest BCUT2D eigenvalue weighted by Crippen LogP contribution is -2.03. The van der Waals surface area contributed by atoms with Crippen molar-refractivity contribution in [3.63, 3.8) is 0 Å². The quantitative estimate of drug-likeness (QED) is 0.770. The highest BCUT2D eigenvalue weighted by Gasteiger charge is 2.02. The van der Waals surface area contributed by atoms with Gasteiger partial charge >= 0.3 is 0 Å². The second-order valence-corrected chi connectivity index (χ2v) is 5.35. The van der Waals surface area contributed by atoms with E-state index in [1.54, 1.807) is 4.52 Å². The molecule has 0 saturated heterocycles. The van der Waals surface area contributed by atoms with Crippen molar-refractivity contribution in [1.29, 1.82) is 0 Å². The molecule has 2 aromatic heterocycles. The average molecular weight is 332 g/mol. The second-order valence-electron chi connectivity index (χ2n) is 4.44. The maximum Gasteiger partial charge on any atom is 0.153 e. The fraction of sp³-hybridized carbons (Fsp3) is 0.143. The van der Waals surface area contributed by atoms with E-state index >= 15 is 0 Å². The van der Waals surface area contributed by atoms with Crippen molar-refractivity contribution in [2.75, 3.05) is 5.32 Å². The summed E-state index contributed by atoms with van der Waals surface area (Å²) in [6.07, 6.45) is 1.85. The number of nitrogens with zero attached hydrogens (tertiary/aromatic N) is 3. The molecule has 0 aliphatic heterocycles. The molecule has 5 nitrogen and oxygen atoms in total. The Morgan fingerprint density at radius 1 is 1.15 bits per heavy atom. The number of rotatable bonds is 4. The molecular formula is C14H14BrN5. The van der Waals surface area contributed by atoms with Gasteiger partial charge in [0.25, 0.3) is 0 Å². The first kappa shape index (κ1) is 13.1. The molecule has 0 atom stereocenters. The number of nitrogens with one attached hydrogen (secondary N) is 1. The predicted molar refractivity (Wildman–Crippen MR) is 82.3 cm³/mol. The van der Waals surface area contributed by atoms with Crippen LogP contribution in [0.2, 0.25) is 0 Å². The Morgan fingerprint density at radius 3 is 2.70 bits per heavy atom. The minimum absolute atomic E-state index is 0.422. The zero-order valence-corrected chi connectivity index (χ0v) is 12.3. The van der Waals surface area contributed by atoms with Gasteiger partial charge in [0.1, 0.15) is 5.82 Å². The first-order valence-corrected chi connectivity index (χ1v) is 7.07. The molecule has 0 fully saturated rings. The highest BCUT2D eigenvalue weighted by atomic mass is 79.9. The van der Waals surface area contributed by atoms with E-state index in [2.05, 4.69) is 43.5 Å². The summed E-state index contributed by atoms with van der Waals surface area (Å²) in [5.41, 5.74) is 8.41. The van der Waals surface area contributed by atoms with Gasteiger partial charge in [0.15, 0.2) is 5.65 Å². The van der Waals surface area contributed by atoms with Crippen molar-refractivity contribution < 1.29 is 0 Å². The number of benzene rings is 1. The van der Waals surface area contributed by atoms with E-state index < -0.39 is 0 Å². The monoisotopic (exact) mass is 331 g/mol. The molecule has 3 N–H and O–H groups in total. The minimum Gasteiger partial charge on any atom is -0.365 e. The zero-order chi connectivity index (χ0) is 13.9. The maximum atomic E-state index is 5.58. The number of halogens is 1. The van der Waals surface area contributed by atoms with E-state index in [4.69, 9.17) is 5.73 Å². The van der Waals surface area contributed by atoms with E-state index in [1.165, 1.54) is 5.56 Å². The summed E-state index contributed by atoms with van der Waals surface area (Å²) in [6, 6.07) is 12.0. The van der Waals surface area contributed by atoms with Crippen LogP contribution < -0.4 is 11.1 Å². The summed E-state index contributed by atoms with van der Waals surface area (Å²) in [5.74, 6) is 0.807. The van der Waals surface area contributed by atoms with Crippen LogP contribution in [0.5, 0.6) is 0 Å². The minimum atomic E-state index is 0.422. The molecule has 0 spiro atoms. The van der Waals surface area contributed by atoms with Crippen LogP contribution in [0.3, 0.4) is 0 Å². The topological polar surface area (TPSA) is 68.2 Å². The molecule has 0 aliphatic rings. The Morgan fingerprint density at radius 2 is 1.95 bits per heavy atom. The molecule has 2 heterocycles. The van der Waals surface area contributed by atoms with Crippen molar-refractivity contribution in [3.8, 4) is 0 Å². The van der Waals surface area contributed by atoms with Gasteiger partial charge in [-0.15, -0.1) is 5.10 Å². The van der Waals surface area contributed by atoms with E-state index in [9.17, 15) is 0 Å². The summed E-state index contributed by atoms with van der Waals surface area (Å²) in [7, 11) is 0. The Kier molecular flexibility index (Phi) is 3.66. The van der Waals surface area contributed by atoms with Crippen LogP contribution in [0.15, 0.2) is 47.1 Å². The lowest BCUT2D eigenvalue weighted by molar-refractivity contribution is 0.919. The molecule has 0 saturated carbocycles. The summed E-state index contributed by atoms with van der Waals surface area (Å²) in [5, 5.41) is 7.75. The van der Waals surface area contributed by atoms with Gasteiger partial charge in [-0.3, -0.25) is 0 Å². The van der Waals surface area contributed by atoms with Gasteiger partial charge in [-0.25, -0.2) is 9.50 Å². The maximum absolute atomic E-state index is 5.58. The Balaban J connectivity index is 1.75. The van der Waals surface area contributed by atoms with Gasteiger partial charge in [-0.05, 0) is 29.8 Å². The average Bonchev–Trinajstić information content (AvgIpc) is 2.89. The van der Waals surface area contributed by atoms with E-state index in [0.29, 0.717) is 6.54 Å². The third-order valence-electron chi connectivity index (χ3n) is 2.97. The summed E-state index contributed by atoms with van der Waals surface area (Å²) < 4.78 is 2.82. The van der Waals surface area contributed by atoms with Crippen LogP contribution in [-0.4, -0.2) is 14.6 Å². The molecule has 1 aromatic carbocycles. The van der Waals surface area contributed by atoms with Crippen molar-refractivity contribution in [3.05, 3.63) is 58.3 Å². The molecule has 0 unspecified atom stereocenters. The van der Waals surface area contributed by atoms with Gasteiger partial charge in [0, 0.05) is 17.6 Å². The molecule has 0 amide bonds. The van der Waals surface area contributed by atoms with Gasteiger partial charge in [0.2, 0.25) is 0 Å². The standard InChI is InChI=1S/C14H14BrN5/c15-11-3-1-10(2-4-11)8-17-13-5-6-14-18-12(7-16)9-20(14)19-13/h1-6,9H,7-8,16H2,(H,17,19). The lowest BCUT2D eigenvalue weighted by atomic mass is 10.2. The fourth-order valence-electron chi connectivity index (χ4n) is 1.92. The van der Waals surface area contributed by atoms with Gasteiger partial charge < -0.3 is 11.1 Å². The number of fused-ring (bicyclic) bond motifs is 1. The molecule has 102 valence electrons. The Bertz CT molecular complexity index is 720. The normalized spacial score (nSPS) is 10.9. The molecule has 6 heteroatoms. The Hall–Kier alpha value is -1.92. The van der Waals surface area contributed by atoms with Crippen LogP contribution in [0.4, 0.5) is 5.82 Å². The summed E-state index contributed by atoms with van der Waals surface area (Å²) in [6.45, 7) is 1.15. The van der Waals surface area contributed by atoms with Crippen molar-refractivity contribution in [1.82, 2.24) is 14.6 Å². The molecule has 20 heavy (non-hydrogen) atoms. The van der Waals surface area contributed by atoms with Crippen LogP contribution in [0, 0.1) is 0 Å². The predicted octanol–water partition coefficient (Wildman–Crippen LogP) is 2.56. The molecular weight excluding hydrogens is 318 g/mol. The molecule has 0 radical (unpaired) electrons. The third-order valence-corrected chi connectivity index (χ3v) is 3.49. The number of nitrogens with two attached hydrogens (primary N) is 1. The first-order chi connectivity index (χ1) is 9.74.